The van der Waals surface area contributed by atoms with Gasteiger partial charge in [0.15, 0.2) is 18.1 Å². The third-order valence-corrected chi connectivity index (χ3v) is 4.75. The van der Waals surface area contributed by atoms with E-state index in [4.69, 9.17) is 18.9 Å². The molecule has 0 radical (unpaired) electrons. The highest BCUT2D eigenvalue weighted by Crippen LogP contribution is 2.30. The summed E-state index contributed by atoms with van der Waals surface area (Å²) in [6.07, 6.45) is 0.624. The third-order valence-electron chi connectivity index (χ3n) is 4.75. The first kappa shape index (κ1) is 21.2. The van der Waals surface area contributed by atoms with Gasteiger partial charge in [-0.1, -0.05) is 24.3 Å². The number of nitrogens with one attached hydrogen (secondary N) is 1. The van der Waals surface area contributed by atoms with Crippen molar-refractivity contribution >= 4 is 11.9 Å². The molecule has 1 aliphatic heterocycles. The summed E-state index contributed by atoms with van der Waals surface area (Å²) in [5, 5.41) is 2.75. The van der Waals surface area contributed by atoms with Gasteiger partial charge in [0.1, 0.15) is 24.7 Å². The van der Waals surface area contributed by atoms with Crippen molar-refractivity contribution in [3.8, 4) is 23.0 Å². The smallest absolute Gasteiger partial charge is 0.338 e. The summed E-state index contributed by atoms with van der Waals surface area (Å²) in [5.74, 6) is 1.82. The van der Waals surface area contributed by atoms with Gasteiger partial charge in [0.05, 0.1) is 5.56 Å². The van der Waals surface area contributed by atoms with Crippen molar-refractivity contribution in [2.45, 2.75) is 6.42 Å². The van der Waals surface area contributed by atoms with Crippen molar-refractivity contribution in [1.82, 2.24) is 5.32 Å². The number of benzene rings is 3. The molecule has 7 heteroatoms. The Morgan fingerprint density at radius 3 is 2.34 bits per heavy atom. The fraction of sp³-hybridized carbons (Fsp3) is 0.200. The Hall–Kier alpha value is -4.00. The van der Waals surface area contributed by atoms with E-state index in [0.29, 0.717) is 49.0 Å². The van der Waals surface area contributed by atoms with Gasteiger partial charge < -0.3 is 24.3 Å². The van der Waals surface area contributed by atoms with Crippen molar-refractivity contribution in [3.63, 3.8) is 0 Å². The predicted molar refractivity (Wildman–Crippen MR) is 117 cm³/mol. The van der Waals surface area contributed by atoms with Crippen LogP contribution in [0.1, 0.15) is 15.9 Å². The van der Waals surface area contributed by atoms with Gasteiger partial charge in [0.2, 0.25) is 0 Å². The van der Waals surface area contributed by atoms with Gasteiger partial charge in [-0.15, -0.1) is 0 Å². The van der Waals surface area contributed by atoms with Gasteiger partial charge in [0, 0.05) is 6.54 Å². The number of rotatable bonds is 8. The highest BCUT2D eigenvalue weighted by Gasteiger charge is 2.13. The maximum Gasteiger partial charge on any atom is 0.338 e. The molecule has 4 rings (SSSR count). The van der Waals surface area contributed by atoms with E-state index >= 15 is 0 Å². The Labute approximate surface area is 185 Å². The number of hydrogen-bond donors (Lipinski definition) is 1. The van der Waals surface area contributed by atoms with E-state index in [1.165, 1.54) is 0 Å². The van der Waals surface area contributed by atoms with Crippen molar-refractivity contribution in [1.29, 1.82) is 0 Å². The van der Waals surface area contributed by atoms with Crippen molar-refractivity contribution < 1.29 is 28.5 Å². The van der Waals surface area contributed by atoms with Crippen LogP contribution in [0.3, 0.4) is 0 Å². The summed E-state index contributed by atoms with van der Waals surface area (Å²) in [6.45, 7) is 1.15. The van der Waals surface area contributed by atoms with Crippen LogP contribution in [0.4, 0.5) is 0 Å². The Morgan fingerprint density at radius 1 is 0.844 bits per heavy atom. The molecule has 164 valence electrons. The van der Waals surface area contributed by atoms with Gasteiger partial charge in [-0.05, 0) is 60.5 Å². The number of esters is 1. The minimum Gasteiger partial charge on any atom is -0.486 e. The molecule has 0 unspecified atom stereocenters. The van der Waals surface area contributed by atoms with E-state index in [9.17, 15) is 9.59 Å². The van der Waals surface area contributed by atoms with Gasteiger partial charge >= 0.3 is 5.97 Å². The molecule has 1 aliphatic rings. The minimum absolute atomic E-state index is 0.342. The molecule has 0 saturated heterocycles. The van der Waals surface area contributed by atoms with E-state index in [1.54, 1.807) is 24.3 Å². The molecule has 7 nitrogen and oxygen atoms in total. The first-order valence-corrected chi connectivity index (χ1v) is 10.3. The lowest BCUT2D eigenvalue weighted by atomic mass is 10.1. The zero-order valence-corrected chi connectivity index (χ0v) is 17.4. The fourth-order valence-corrected chi connectivity index (χ4v) is 3.14. The van der Waals surface area contributed by atoms with Crippen LogP contribution in [0.15, 0.2) is 72.8 Å². The lowest BCUT2D eigenvalue weighted by Gasteiger charge is -2.18. The number of ether oxygens (including phenoxy) is 4. The number of carbonyl (C=O) groups excluding carboxylic acids is 2. The van der Waals surface area contributed by atoms with Crippen LogP contribution < -0.4 is 19.5 Å². The number of amides is 1. The molecule has 0 aliphatic carbocycles. The van der Waals surface area contributed by atoms with Gasteiger partial charge in [-0.25, -0.2) is 4.79 Å². The lowest BCUT2D eigenvalue weighted by molar-refractivity contribution is -0.124. The van der Waals surface area contributed by atoms with E-state index in [1.807, 2.05) is 48.5 Å². The molecular formula is C25H23NO6. The average molecular weight is 433 g/mol. The quantitative estimate of drug-likeness (QED) is 0.545. The maximum atomic E-state index is 12.2. The topological polar surface area (TPSA) is 83.1 Å². The van der Waals surface area contributed by atoms with Crippen LogP contribution in [-0.4, -0.2) is 38.2 Å². The molecule has 1 N–H and O–H groups in total. The SMILES string of the molecule is O=C(COC(=O)c1ccc(Oc2ccccc2)cc1)NCCc1ccc2c(c1)OCCO2. The zero-order chi connectivity index (χ0) is 22.2. The van der Waals surface area contributed by atoms with Gasteiger partial charge in [-0.2, -0.15) is 0 Å². The first-order chi connectivity index (χ1) is 15.7. The summed E-state index contributed by atoms with van der Waals surface area (Å²) in [4.78, 5) is 24.2. The standard InChI is InChI=1S/C25H23NO6/c27-24(26-13-12-18-6-11-22-23(16-18)30-15-14-29-22)17-31-25(28)19-7-9-21(10-8-19)32-20-4-2-1-3-5-20/h1-11,16H,12-15,17H2,(H,26,27). The molecule has 3 aromatic rings. The molecule has 0 aromatic heterocycles. The summed E-state index contributed by atoms with van der Waals surface area (Å²) in [5.41, 5.74) is 1.36. The second-order valence-electron chi connectivity index (χ2n) is 7.09. The Balaban J connectivity index is 1.19. The summed E-state index contributed by atoms with van der Waals surface area (Å²) in [7, 11) is 0. The van der Waals surface area contributed by atoms with E-state index in [-0.39, 0.29) is 12.5 Å². The second-order valence-corrected chi connectivity index (χ2v) is 7.09. The van der Waals surface area contributed by atoms with Crippen LogP contribution in [0.5, 0.6) is 23.0 Å². The molecule has 0 atom stereocenters. The van der Waals surface area contributed by atoms with Crippen molar-refractivity contribution in [2.75, 3.05) is 26.4 Å². The average Bonchev–Trinajstić information content (AvgIpc) is 2.83. The lowest BCUT2D eigenvalue weighted by Crippen LogP contribution is -2.30. The van der Waals surface area contributed by atoms with Crippen molar-refractivity contribution in [3.05, 3.63) is 83.9 Å². The van der Waals surface area contributed by atoms with E-state index < -0.39 is 5.97 Å². The van der Waals surface area contributed by atoms with Crippen LogP contribution >= 0.6 is 0 Å². The van der Waals surface area contributed by atoms with Crippen LogP contribution in [0, 0.1) is 0 Å². The fourth-order valence-electron chi connectivity index (χ4n) is 3.14. The molecule has 1 heterocycles. The van der Waals surface area contributed by atoms with E-state index in [2.05, 4.69) is 5.32 Å². The Bertz CT molecular complexity index is 1070. The van der Waals surface area contributed by atoms with Gasteiger partial charge in [-0.3, -0.25) is 4.79 Å². The molecule has 1 amide bonds. The summed E-state index contributed by atoms with van der Waals surface area (Å²) >= 11 is 0. The predicted octanol–water partition coefficient (Wildman–Crippen LogP) is 3.77. The van der Waals surface area contributed by atoms with Crippen molar-refractivity contribution in [2.24, 2.45) is 0 Å². The number of para-hydroxylation sites is 1. The maximum absolute atomic E-state index is 12.2. The zero-order valence-electron chi connectivity index (χ0n) is 17.4. The second kappa shape index (κ2) is 10.3. The molecule has 32 heavy (non-hydrogen) atoms. The van der Waals surface area contributed by atoms with Crippen LogP contribution in [0.25, 0.3) is 0 Å². The van der Waals surface area contributed by atoms with Crippen LogP contribution in [0.2, 0.25) is 0 Å². The van der Waals surface area contributed by atoms with Gasteiger partial charge in [0.25, 0.3) is 5.91 Å². The molecule has 0 fully saturated rings. The molecule has 0 spiro atoms. The normalized spacial score (nSPS) is 12.0. The highest BCUT2D eigenvalue weighted by molar-refractivity contribution is 5.91. The number of carbonyl (C=O) groups is 2. The molecule has 3 aromatic carbocycles. The number of fused-ring (bicyclic) bond motifs is 1. The molecular weight excluding hydrogens is 410 g/mol. The Morgan fingerprint density at radius 2 is 1.56 bits per heavy atom. The first-order valence-electron chi connectivity index (χ1n) is 10.3. The summed E-state index contributed by atoms with van der Waals surface area (Å²) < 4.78 is 21.8. The minimum atomic E-state index is -0.571. The molecule has 0 saturated carbocycles. The third kappa shape index (κ3) is 5.78. The highest BCUT2D eigenvalue weighted by atomic mass is 16.6. The monoisotopic (exact) mass is 433 g/mol. The molecule has 0 bridgehead atoms. The Kier molecular flexibility index (Phi) is 6.87. The largest absolute Gasteiger partial charge is 0.486 e. The number of hydrogen-bond acceptors (Lipinski definition) is 6. The van der Waals surface area contributed by atoms with Crippen LogP contribution in [-0.2, 0) is 16.0 Å². The summed E-state index contributed by atoms with van der Waals surface area (Å²) in [6, 6.07) is 21.6. The van der Waals surface area contributed by atoms with E-state index in [0.717, 1.165) is 11.3 Å².